The van der Waals surface area contributed by atoms with Crippen LogP contribution in [-0.2, 0) is 12.1 Å². The lowest BCUT2D eigenvalue weighted by Gasteiger charge is -2.18. The molecule has 1 nitrogen and oxygen atoms in total. The van der Waals surface area contributed by atoms with Gasteiger partial charge in [0.2, 0.25) is 0 Å². The van der Waals surface area contributed by atoms with E-state index in [2.05, 4.69) is 0 Å². The van der Waals surface area contributed by atoms with E-state index in [0.717, 1.165) is 6.07 Å². The maximum Gasteiger partial charge on any atom is 0.416 e. The van der Waals surface area contributed by atoms with E-state index in [1.54, 1.807) is 0 Å². The summed E-state index contributed by atoms with van der Waals surface area (Å²) in [7, 11) is 0. The fraction of sp³-hybridized carbons (Fsp3) is 0.333. The number of anilines is 1. The first-order valence-electron chi connectivity index (χ1n) is 3.97. The van der Waals surface area contributed by atoms with Crippen LogP contribution in [0.4, 0.5) is 27.6 Å². The van der Waals surface area contributed by atoms with Gasteiger partial charge in [-0.2, -0.15) is 13.2 Å². The molecular formula is C9H8F5N. The van der Waals surface area contributed by atoms with Crippen LogP contribution in [0.3, 0.4) is 0 Å². The van der Waals surface area contributed by atoms with Crippen molar-refractivity contribution in [3.63, 3.8) is 0 Å². The average molecular weight is 225 g/mol. The second-order valence-corrected chi connectivity index (χ2v) is 3.19. The zero-order chi connectivity index (χ0) is 11.9. The van der Waals surface area contributed by atoms with Crippen LogP contribution in [0.2, 0.25) is 0 Å². The normalized spacial score (nSPS) is 12.9. The molecule has 0 amide bonds. The molecule has 1 aromatic carbocycles. The molecule has 0 unspecified atom stereocenters. The van der Waals surface area contributed by atoms with Crippen molar-refractivity contribution >= 4 is 5.69 Å². The summed E-state index contributed by atoms with van der Waals surface area (Å²) in [6.45, 7) is 0.400. The quantitative estimate of drug-likeness (QED) is 0.575. The Morgan fingerprint density at radius 1 is 1.00 bits per heavy atom. The van der Waals surface area contributed by atoms with E-state index in [9.17, 15) is 22.0 Å². The molecule has 0 bridgehead atoms. The second kappa shape index (κ2) is 3.36. The summed E-state index contributed by atoms with van der Waals surface area (Å²) in [6.07, 6.45) is -4.80. The summed E-state index contributed by atoms with van der Waals surface area (Å²) >= 11 is 0. The highest BCUT2D eigenvalue weighted by atomic mass is 19.4. The molecule has 0 aliphatic carbocycles. The van der Waals surface area contributed by atoms with Crippen LogP contribution in [0.15, 0.2) is 18.2 Å². The highest BCUT2D eigenvalue weighted by molar-refractivity contribution is 5.47. The molecule has 0 aliphatic heterocycles. The minimum atomic E-state index is -4.80. The molecule has 6 heteroatoms. The lowest BCUT2D eigenvalue weighted by molar-refractivity contribution is -0.141. The molecule has 84 valence electrons. The van der Waals surface area contributed by atoms with Gasteiger partial charge < -0.3 is 5.73 Å². The Kier molecular flexibility index (Phi) is 2.63. The van der Waals surface area contributed by atoms with Gasteiger partial charge in [-0.1, -0.05) is 0 Å². The molecule has 0 saturated heterocycles. The monoisotopic (exact) mass is 225 g/mol. The van der Waals surface area contributed by atoms with Gasteiger partial charge in [0.1, 0.15) is 0 Å². The summed E-state index contributed by atoms with van der Waals surface area (Å²) in [4.78, 5) is 0. The number of hydrogen-bond donors (Lipinski definition) is 1. The maximum absolute atomic E-state index is 12.9. The number of benzene rings is 1. The molecule has 0 aliphatic rings. The number of halogens is 5. The van der Waals surface area contributed by atoms with Crippen molar-refractivity contribution in [3.05, 3.63) is 29.3 Å². The fourth-order valence-electron chi connectivity index (χ4n) is 1.17. The van der Waals surface area contributed by atoms with Crippen LogP contribution >= 0.6 is 0 Å². The van der Waals surface area contributed by atoms with Gasteiger partial charge in [-0.05, 0) is 18.2 Å². The fourth-order valence-corrected chi connectivity index (χ4v) is 1.17. The van der Waals surface area contributed by atoms with Gasteiger partial charge >= 0.3 is 6.18 Å². The maximum atomic E-state index is 12.9. The highest BCUT2D eigenvalue weighted by Gasteiger charge is 2.39. The Morgan fingerprint density at radius 2 is 1.53 bits per heavy atom. The van der Waals surface area contributed by atoms with Gasteiger partial charge in [0.05, 0.1) is 5.56 Å². The molecular weight excluding hydrogens is 217 g/mol. The molecule has 1 aromatic rings. The smallest absolute Gasteiger partial charge is 0.399 e. The third-order valence-corrected chi connectivity index (χ3v) is 1.82. The number of nitrogen functional groups attached to an aromatic ring is 1. The first-order chi connectivity index (χ1) is 6.62. The van der Waals surface area contributed by atoms with E-state index in [1.807, 2.05) is 0 Å². The first-order valence-corrected chi connectivity index (χ1v) is 3.97. The van der Waals surface area contributed by atoms with Gasteiger partial charge in [-0.25, -0.2) is 8.78 Å². The molecule has 0 aromatic heterocycles. The average Bonchev–Trinajstić information content (AvgIpc) is 2.00. The molecule has 0 heterocycles. The largest absolute Gasteiger partial charge is 0.416 e. The van der Waals surface area contributed by atoms with Crippen molar-refractivity contribution < 1.29 is 22.0 Å². The molecule has 0 fully saturated rings. The van der Waals surface area contributed by atoms with Gasteiger partial charge in [-0.15, -0.1) is 0 Å². The zero-order valence-corrected chi connectivity index (χ0v) is 7.70. The standard InChI is InChI=1S/C9H8F5N/c1-8(10,11)7-4-5(15)2-3-6(7)9(12,13)14/h2-4H,15H2,1H3. The van der Waals surface area contributed by atoms with Crippen molar-refractivity contribution in [2.24, 2.45) is 0 Å². The Balaban J connectivity index is 3.41. The van der Waals surface area contributed by atoms with E-state index >= 15 is 0 Å². The molecule has 0 atom stereocenters. The third-order valence-electron chi connectivity index (χ3n) is 1.82. The number of hydrogen-bond acceptors (Lipinski definition) is 1. The third kappa shape index (κ3) is 2.57. The van der Waals surface area contributed by atoms with Crippen LogP contribution in [-0.4, -0.2) is 0 Å². The lowest BCUT2D eigenvalue weighted by atomic mass is 10.0. The minimum absolute atomic E-state index is 0.125. The minimum Gasteiger partial charge on any atom is -0.399 e. The van der Waals surface area contributed by atoms with Crippen molar-refractivity contribution in [2.45, 2.75) is 19.0 Å². The summed E-state index contributed by atoms with van der Waals surface area (Å²) in [6, 6.07) is 2.14. The van der Waals surface area contributed by atoms with E-state index in [1.165, 1.54) is 0 Å². The summed E-state index contributed by atoms with van der Waals surface area (Å²) < 4.78 is 62.7. The predicted octanol–water partition coefficient (Wildman–Crippen LogP) is 3.40. The van der Waals surface area contributed by atoms with Gasteiger partial charge in [-0.3, -0.25) is 0 Å². The second-order valence-electron chi connectivity index (χ2n) is 3.19. The molecule has 0 radical (unpaired) electrons. The van der Waals surface area contributed by atoms with E-state index < -0.39 is 23.2 Å². The lowest BCUT2D eigenvalue weighted by Crippen LogP contribution is -2.17. The summed E-state index contributed by atoms with van der Waals surface area (Å²) in [5, 5.41) is 0. The Bertz CT molecular complexity index is 364. The van der Waals surface area contributed by atoms with E-state index in [4.69, 9.17) is 5.73 Å². The van der Waals surface area contributed by atoms with Crippen molar-refractivity contribution in [3.8, 4) is 0 Å². The molecule has 1 rings (SSSR count). The van der Waals surface area contributed by atoms with Gasteiger partial charge in [0.25, 0.3) is 5.92 Å². The summed E-state index contributed by atoms with van der Waals surface area (Å²) in [5.74, 6) is -3.57. The zero-order valence-electron chi connectivity index (χ0n) is 7.70. The Morgan fingerprint density at radius 3 is 1.93 bits per heavy atom. The van der Waals surface area contributed by atoms with Crippen LogP contribution in [0.25, 0.3) is 0 Å². The van der Waals surface area contributed by atoms with Gasteiger partial charge in [0, 0.05) is 18.2 Å². The molecule has 0 saturated carbocycles. The van der Waals surface area contributed by atoms with Crippen LogP contribution in [0.1, 0.15) is 18.1 Å². The molecule has 2 N–H and O–H groups in total. The number of alkyl halides is 5. The SMILES string of the molecule is CC(F)(F)c1cc(N)ccc1C(F)(F)F. The number of nitrogens with two attached hydrogens (primary N) is 1. The predicted molar refractivity (Wildman–Crippen MR) is 45.4 cm³/mol. The van der Waals surface area contributed by atoms with Crippen LogP contribution in [0.5, 0.6) is 0 Å². The van der Waals surface area contributed by atoms with E-state index in [0.29, 0.717) is 19.1 Å². The van der Waals surface area contributed by atoms with E-state index in [-0.39, 0.29) is 5.69 Å². The molecule has 0 spiro atoms. The van der Waals surface area contributed by atoms with Crippen molar-refractivity contribution in [1.82, 2.24) is 0 Å². The number of rotatable bonds is 1. The van der Waals surface area contributed by atoms with Gasteiger partial charge in [0.15, 0.2) is 0 Å². The van der Waals surface area contributed by atoms with Crippen molar-refractivity contribution in [1.29, 1.82) is 0 Å². The molecule has 15 heavy (non-hydrogen) atoms. The topological polar surface area (TPSA) is 26.0 Å². The first kappa shape index (κ1) is 11.7. The van der Waals surface area contributed by atoms with Crippen LogP contribution < -0.4 is 5.73 Å². The Labute approximate surface area is 82.7 Å². The highest BCUT2D eigenvalue weighted by Crippen LogP contribution is 2.39. The Hall–Kier alpha value is -1.33. The van der Waals surface area contributed by atoms with Crippen LogP contribution in [0, 0.1) is 0 Å². The summed E-state index contributed by atoms with van der Waals surface area (Å²) in [5.41, 5.74) is 2.58. The van der Waals surface area contributed by atoms with Crippen molar-refractivity contribution in [2.75, 3.05) is 5.73 Å².